The third-order valence-electron chi connectivity index (χ3n) is 5.41. The number of nitrogens with one attached hydrogen (secondary N) is 1. The summed E-state index contributed by atoms with van der Waals surface area (Å²) < 4.78 is 16.0. The molecular weight excluding hydrogens is 452 g/mol. The minimum Gasteiger partial charge on any atom is -0.496 e. The topological polar surface area (TPSA) is 111 Å². The fraction of sp³-hybridized carbons (Fsp3) is 0.538. The number of esters is 1. The molecule has 35 heavy (non-hydrogen) atoms. The van der Waals surface area contributed by atoms with Crippen LogP contribution in [-0.4, -0.2) is 67.6 Å². The summed E-state index contributed by atoms with van der Waals surface area (Å²) in [4.78, 5) is 51.5. The van der Waals surface area contributed by atoms with Crippen molar-refractivity contribution in [3.05, 3.63) is 42.0 Å². The molecule has 9 nitrogen and oxygen atoms in total. The van der Waals surface area contributed by atoms with Gasteiger partial charge in [0.05, 0.1) is 7.11 Å². The van der Waals surface area contributed by atoms with Gasteiger partial charge in [-0.1, -0.05) is 32.9 Å². The summed E-state index contributed by atoms with van der Waals surface area (Å²) in [6.45, 7) is 12.4. The van der Waals surface area contributed by atoms with Crippen molar-refractivity contribution < 1.29 is 33.4 Å². The van der Waals surface area contributed by atoms with Gasteiger partial charge >= 0.3 is 12.1 Å². The first-order chi connectivity index (χ1) is 16.4. The van der Waals surface area contributed by atoms with Gasteiger partial charge in [-0.3, -0.25) is 14.5 Å². The van der Waals surface area contributed by atoms with Gasteiger partial charge in [0.25, 0.3) is 0 Å². The molecule has 0 aromatic heterocycles. The molecule has 0 spiro atoms. The van der Waals surface area contributed by atoms with Crippen LogP contribution in [0.5, 0.6) is 5.75 Å². The Kier molecular flexibility index (Phi) is 11.5. The highest BCUT2D eigenvalue weighted by Gasteiger charge is 2.35. The normalized spacial score (nSPS) is 13.6. The van der Waals surface area contributed by atoms with Gasteiger partial charge in [-0.2, -0.15) is 0 Å². The molecule has 1 rings (SSSR count). The predicted octanol–water partition coefficient (Wildman–Crippen LogP) is 3.55. The van der Waals surface area contributed by atoms with Crippen molar-refractivity contribution in [2.45, 2.75) is 65.1 Å². The lowest BCUT2D eigenvalue weighted by Crippen LogP contribution is -2.55. The number of hydrogen-bond donors (Lipinski definition) is 1. The van der Waals surface area contributed by atoms with Crippen molar-refractivity contribution in [3.8, 4) is 5.75 Å². The van der Waals surface area contributed by atoms with E-state index >= 15 is 0 Å². The van der Waals surface area contributed by atoms with E-state index in [1.807, 2.05) is 13.8 Å². The Labute approximate surface area is 207 Å². The molecule has 9 heteroatoms. The predicted molar refractivity (Wildman–Crippen MR) is 132 cm³/mol. The largest absolute Gasteiger partial charge is 0.496 e. The monoisotopic (exact) mass is 490 g/mol. The van der Waals surface area contributed by atoms with Gasteiger partial charge in [-0.15, -0.1) is 0 Å². The van der Waals surface area contributed by atoms with Gasteiger partial charge in [0, 0.05) is 19.0 Å². The number of hydrogen-bond acceptors (Lipinski definition) is 7. The highest BCUT2D eigenvalue weighted by molar-refractivity contribution is 5.90. The fourth-order valence-electron chi connectivity index (χ4n) is 3.26. The van der Waals surface area contributed by atoms with Crippen LogP contribution in [0.4, 0.5) is 4.79 Å². The Morgan fingerprint density at radius 3 is 2.40 bits per heavy atom. The van der Waals surface area contributed by atoms with Crippen LogP contribution in [0.3, 0.4) is 0 Å². The second-order valence-electron chi connectivity index (χ2n) is 9.29. The number of likely N-dealkylation sites (N-methyl/N-ethyl adjacent to an activating group) is 1. The summed E-state index contributed by atoms with van der Waals surface area (Å²) in [6, 6.07) is 2.82. The molecule has 1 aromatic carbocycles. The van der Waals surface area contributed by atoms with E-state index in [9.17, 15) is 19.2 Å². The van der Waals surface area contributed by atoms with Gasteiger partial charge in [-0.25, -0.2) is 9.59 Å². The van der Waals surface area contributed by atoms with Crippen LogP contribution < -0.4 is 10.1 Å². The van der Waals surface area contributed by atoms with Crippen LogP contribution in [0.1, 0.15) is 57.0 Å². The molecule has 1 aromatic rings. The lowest BCUT2D eigenvalue weighted by Gasteiger charge is -2.32. The minimum atomic E-state index is -1.07. The highest BCUT2D eigenvalue weighted by Crippen LogP contribution is 2.23. The Morgan fingerprint density at radius 1 is 1.23 bits per heavy atom. The maximum atomic E-state index is 13.5. The molecule has 2 amide bonds. The first kappa shape index (κ1) is 29.7. The third kappa shape index (κ3) is 9.07. The third-order valence-corrected chi connectivity index (χ3v) is 5.41. The minimum absolute atomic E-state index is 0.0125. The zero-order valence-corrected chi connectivity index (χ0v) is 21.8. The first-order valence-electron chi connectivity index (χ1n) is 11.5. The van der Waals surface area contributed by atoms with E-state index < -0.39 is 35.7 Å². The molecular formula is C26H38N2O7. The standard InChI is InChI=1S/C26H38N2O7/c1-9-13-34-24(31)22(17(3)10-2)27-23(30)20(28(7)25(32)35-26(4,5)6)15-19-14-18(16-29)11-12-21(19)33-8/h9,11-12,14,16-17,20,22H,1,10,13,15H2,2-8H3,(H,27,30)/t17-,20-,22-/m0/s1. The molecule has 0 bridgehead atoms. The number of nitrogens with zero attached hydrogens (tertiary/aromatic N) is 1. The number of carbonyl (C=O) groups excluding carboxylic acids is 4. The molecule has 0 unspecified atom stereocenters. The van der Waals surface area contributed by atoms with E-state index in [-0.39, 0.29) is 18.9 Å². The van der Waals surface area contributed by atoms with Crippen molar-refractivity contribution in [2.24, 2.45) is 5.92 Å². The van der Waals surface area contributed by atoms with Crippen molar-refractivity contribution in [1.82, 2.24) is 10.2 Å². The number of ether oxygens (including phenoxy) is 3. The number of benzene rings is 1. The average Bonchev–Trinajstić information content (AvgIpc) is 2.81. The van der Waals surface area contributed by atoms with Crippen LogP contribution in [0.2, 0.25) is 0 Å². The van der Waals surface area contributed by atoms with Crippen molar-refractivity contribution >= 4 is 24.3 Å². The Bertz CT molecular complexity index is 907. The fourth-order valence-corrected chi connectivity index (χ4v) is 3.26. The Morgan fingerprint density at radius 2 is 1.89 bits per heavy atom. The van der Waals surface area contributed by atoms with Gasteiger partial charge in [0.15, 0.2) is 0 Å². The van der Waals surface area contributed by atoms with Gasteiger partial charge in [0.1, 0.15) is 36.3 Å². The smallest absolute Gasteiger partial charge is 0.410 e. The molecule has 0 aliphatic carbocycles. The van der Waals surface area contributed by atoms with Crippen molar-refractivity contribution in [1.29, 1.82) is 0 Å². The molecule has 0 saturated heterocycles. The first-order valence-corrected chi connectivity index (χ1v) is 11.5. The maximum absolute atomic E-state index is 13.5. The number of carbonyl (C=O) groups is 4. The molecule has 0 radical (unpaired) electrons. The van der Waals surface area contributed by atoms with Gasteiger partial charge in [0.2, 0.25) is 5.91 Å². The highest BCUT2D eigenvalue weighted by atomic mass is 16.6. The lowest BCUT2D eigenvalue weighted by molar-refractivity contribution is -0.148. The van der Waals surface area contributed by atoms with E-state index in [0.29, 0.717) is 29.6 Å². The van der Waals surface area contributed by atoms with E-state index in [0.717, 1.165) is 0 Å². The summed E-state index contributed by atoms with van der Waals surface area (Å²) in [5.74, 6) is -0.934. The average molecular weight is 491 g/mol. The number of aldehydes is 1. The summed E-state index contributed by atoms with van der Waals surface area (Å²) in [6.07, 6.45) is 2.04. The molecule has 0 aliphatic rings. The zero-order chi connectivity index (χ0) is 26.8. The van der Waals surface area contributed by atoms with E-state index in [2.05, 4.69) is 11.9 Å². The molecule has 3 atom stereocenters. The molecule has 0 fully saturated rings. The van der Waals surface area contributed by atoms with Gasteiger partial charge < -0.3 is 19.5 Å². The SMILES string of the molecule is C=CCOC(=O)[C@@H](NC(=O)[C@H](Cc1cc(C=O)ccc1OC)N(C)C(=O)OC(C)(C)C)[C@@H](C)CC. The molecule has 1 N–H and O–H groups in total. The maximum Gasteiger partial charge on any atom is 0.410 e. The van der Waals surface area contributed by atoms with E-state index in [1.165, 1.54) is 25.1 Å². The van der Waals surface area contributed by atoms with Crippen LogP contribution in [0.15, 0.2) is 30.9 Å². The summed E-state index contributed by atoms with van der Waals surface area (Å²) in [5.41, 5.74) is 0.155. The van der Waals surface area contributed by atoms with Crippen LogP contribution in [0, 0.1) is 5.92 Å². The molecule has 0 aliphatic heterocycles. The van der Waals surface area contributed by atoms with E-state index in [4.69, 9.17) is 14.2 Å². The molecule has 0 heterocycles. The van der Waals surface area contributed by atoms with Crippen LogP contribution in [0.25, 0.3) is 0 Å². The Hall–Kier alpha value is -3.36. The number of methoxy groups -OCH3 is 1. The van der Waals surface area contributed by atoms with Crippen LogP contribution >= 0.6 is 0 Å². The van der Waals surface area contributed by atoms with Crippen molar-refractivity contribution in [2.75, 3.05) is 20.8 Å². The number of amides is 2. The second kappa shape index (κ2) is 13.5. The summed E-state index contributed by atoms with van der Waals surface area (Å²) in [7, 11) is 2.92. The second-order valence-corrected chi connectivity index (χ2v) is 9.29. The lowest BCUT2D eigenvalue weighted by atomic mass is 9.97. The van der Waals surface area contributed by atoms with E-state index in [1.54, 1.807) is 39.0 Å². The summed E-state index contributed by atoms with van der Waals surface area (Å²) >= 11 is 0. The Balaban J connectivity index is 3.38. The van der Waals surface area contributed by atoms with Crippen molar-refractivity contribution in [3.63, 3.8) is 0 Å². The molecule has 194 valence electrons. The number of rotatable bonds is 12. The van der Waals surface area contributed by atoms with Crippen LogP contribution in [-0.2, 0) is 25.5 Å². The van der Waals surface area contributed by atoms with Gasteiger partial charge in [-0.05, 0) is 50.5 Å². The molecule has 0 saturated carbocycles. The quantitative estimate of drug-likeness (QED) is 0.271. The summed E-state index contributed by atoms with van der Waals surface area (Å²) in [5, 5.41) is 2.75. The zero-order valence-electron chi connectivity index (χ0n) is 21.8.